The summed E-state index contributed by atoms with van der Waals surface area (Å²) in [5.41, 5.74) is 5.71. The van der Waals surface area contributed by atoms with Gasteiger partial charge in [0.2, 0.25) is 11.8 Å². The van der Waals surface area contributed by atoms with Gasteiger partial charge < -0.3 is 10.6 Å². The number of benzene rings is 2. The Bertz CT molecular complexity index is 1330. The summed E-state index contributed by atoms with van der Waals surface area (Å²) in [7, 11) is 0. The Balaban J connectivity index is 1.56. The largest absolute Gasteiger partial charge is 0.325 e. The second-order valence-corrected chi connectivity index (χ2v) is 8.35. The van der Waals surface area contributed by atoms with Crippen molar-refractivity contribution in [3.8, 4) is 0 Å². The molecule has 0 unspecified atom stereocenters. The molecule has 158 valence electrons. The molecule has 0 radical (unpaired) electrons. The third-order valence-electron chi connectivity index (χ3n) is 5.19. The van der Waals surface area contributed by atoms with Gasteiger partial charge in [-0.05, 0) is 56.2 Å². The maximum Gasteiger partial charge on any atom is 0.224 e. The number of aromatic nitrogens is 3. The van der Waals surface area contributed by atoms with E-state index in [2.05, 4.69) is 31.7 Å². The van der Waals surface area contributed by atoms with E-state index in [1.807, 2.05) is 48.7 Å². The average Bonchev–Trinajstić information content (AvgIpc) is 3.08. The molecular weight excluding hydrogens is 458 g/mol. The van der Waals surface area contributed by atoms with Crippen LogP contribution in [0.2, 0.25) is 0 Å². The molecule has 4 aromatic rings. The van der Waals surface area contributed by atoms with Gasteiger partial charge in [-0.2, -0.15) is 5.10 Å². The summed E-state index contributed by atoms with van der Waals surface area (Å²) in [4.78, 5) is 28.9. The van der Waals surface area contributed by atoms with Crippen molar-refractivity contribution >= 4 is 55.7 Å². The Kier molecular flexibility index (Phi) is 5.73. The molecule has 2 aromatic heterocycles. The van der Waals surface area contributed by atoms with Crippen LogP contribution in [0.25, 0.3) is 16.6 Å². The summed E-state index contributed by atoms with van der Waals surface area (Å²) in [5.74, 6) is -0.343. The molecular formula is C23H22BrN5O2. The van der Waals surface area contributed by atoms with Gasteiger partial charge in [0.05, 0.1) is 16.9 Å². The van der Waals surface area contributed by atoms with Gasteiger partial charge in [-0.1, -0.05) is 28.1 Å². The lowest BCUT2D eigenvalue weighted by molar-refractivity contribution is -0.116. The number of anilines is 2. The Morgan fingerprint density at radius 3 is 2.61 bits per heavy atom. The molecule has 7 nitrogen and oxygen atoms in total. The van der Waals surface area contributed by atoms with Crippen LogP contribution in [0.4, 0.5) is 11.4 Å². The SMILES string of the molecule is CC(=O)Nc1ccc(Br)cc1NC(=O)CCc1c(C)nc2c3ccccc3nn2c1C. The first-order chi connectivity index (χ1) is 14.8. The fraction of sp³-hybridized carbons (Fsp3) is 0.217. The van der Waals surface area contributed by atoms with Crippen molar-refractivity contribution < 1.29 is 9.59 Å². The highest BCUT2D eigenvalue weighted by molar-refractivity contribution is 9.10. The lowest BCUT2D eigenvalue weighted by atomic mass is 10.1. The predicted molar refractivity (Wildman–Crippen MR) is 125 cm³/mol. The van der Waals surface area contributed by atoms with Crippen molar-refractivity contribution in [1.29, 1.82) is 0 Å². The predicted octanol–water partition coefficient (Wildman–Crippen LogP) is 4.79. The molecule has 0 spiro atoms. The molecule has 0 aliphatic carbocycles. The van der Waals surface area contributed by atoms with Crippen molar-refractivity contribution in [2.24, 2.45) is 0 Å². The Morgan fingerprint density at radius 2 is 1.84 bits per heavy atom. The molecule has 0 saturated carbocycles. The molecule has 31 heavy (non-hydrogen) atoms. The van der Waals surface area contributed by atoms with E-state index in [4.69, 9.17) is 4.98 Å². The quantitative estimate of drug-likeness (QED) is 0.430. The Labute approximate surface area is 188 Å². The van der Waals surface area contributed by atoms with Crippen molar-refractivity contribution in [3.63, 3.8) is 0 Å². The molecule has 0 saturated heterocycles. The second kappa shape index (κ2) is 8.47. The van der Waals surface area contributed by atoms with Crippen LogP contribution in [0, 0.1) is 13.8 Å². The molecule has 0 fully saturated rings. The summed E-state index contributed by atoms with van der Waals surface area (Å²) in [5, 5.41) is 11.3. The topological polar surface area (TPSA) is 88.4 Å². The number of carbonyl (C=O) groups is 2. The fourth-order valence-corrected chi connectivity index (χ4v) is 4.07. The highest BCUT2D eigenvalue weighted by Gasteiger charge is 2.16. The summed E-state index contributed by atoms with van der Waals surface area (Å²) in [6, 6.07) is 13.2. The van der Waals surface area contributed by atoms with E-state index in [9.17, 15) is 9.59 Å². The summed E-state index contributed by atoms with van der Waals surface area (Å²) < 4.78 is 2.66. The van der Waals surface area contributed by atoms with Crippen LogP contribution in [0.15, 0.2) is 46.9 Å². The highest BCUT2D eigenvalue weighted by atomic mass is 79.9. The molecule has 0 aliphatic rings. The summed E-state index contributed by atoms with van der Waals surface area (Å²) in [6.45, 7) is 5.40. The first-order valence-corrected chi connectivity index (χ1v) is 10.7. The molecule has 2 heterocycles. The van der Waals surface area contributed by atoms with E-state index in [1.54, 1.807) is 12.1 Å². The molecule has 4 rings (SSSR count). The monoisotopic (exact) mass is 479 g/mol. The van der Waals surface area contributed by atoms with Crippen LogP contribution < -0.4 is 10.6 Å². The minimum Gasteiger partial charge on any atom is -0.325 e. The maximum absolute atomic E-state index is 12.7. The van der Waals surface area contributed by atoms with E-state index in [0.717, 1.165) is 38.0 Å². The Hall–Kier alpha value is -3.26. The zero-order valence-corrected chi connectivity index (χ0v) is 19.1. The van der Waals surface area contributed by atoms with E-state index in [-0.39, 0.29) is 18.2 Å². The lowest BCUT2D eigenvalue weighted by Gasteiger charge is -2.13. The molecule has 2 N–H and O–H groups in total. The number of amides is 2. The lowest BCUT2D eigenvalue weighted by Crippen LogP contribution is -2.16. The van der Waals surface area contributed by atoms with Crippen LogP contribution in [-0.4, -0.2) is 26.4 Å². The van der Waals surface area contributed by atoms with Crippen LogP contribution in [-0.2, 0) is 16.0 Å². The van der Waals surface area contributed by atoms with Gasteiger partial charge in [0.1, 0.15) is 0 Å². The van der Waals surface area contributed by atoms with Gasteiger partial charge in [0, 0.05) is 34.6 Å². The number of rotatable bonds is 5. The number of nitrogens with zero attached hydrogens (tertiary/aromatic N) is 3. The normalized spacial score (nSPS) is 11.1. The zero-order chi connectivity index (χ0) is 22.1. The first kappa shape index (κ1) is 21.0. The van der Waals surface area contributed by atoms with Crippen LogP contribution in [0.1, 0.15) is 30.3 Å². The summed E-state index contributed by atoms with van der Waals surface area (Å²) >= 11 is 3.40. The summed E-state index contributed by atoms with van der Waals surface area (Å²) in [6.07, 6.45) is 0.813. The number of carbonyl (C=O) groups excluding carboxylic acids is 2. The van der Waals surface area contributed by atoms with Crippen molar-refractivity contribution in [2.75, 3.05) is 10.6 Å². The van der Waals surface area contributed by atoms with Crippen molar-refractivity contribution in [2.45, 2.75) is 33.6 Å². The molecule has 2 aromatic carbocycles. The van der Waals surface area contributed by atoms with E-state index >= 15 is 0 Å². The van der Waals surface area contributed by atoms with Crippen LogP contribution >= 0.6 is 15.9 Å². The van der Waals surface area contributed by atoms with Gasteiger partial charge in [-0.3, -0.25) is 9.59 Å². The zero-order valence-electron chi connectivity index (χ0n) is 17.5. The fourth-order valence-electron chi connectivity index (χ4n) is 3.71. The van der Waals surface area contributed by atoms with Crippen LogP contribution in [0.3, 0.4) is 0 Å². The number of fused-ring (bicyclic) bond motifs is 3. The second-order valence-electron chi connectivity index (χ2n) is 7.43. The number of hydrogen-bond donors (Lipinski definition) is 2. The van der Waals surface area contributed by atoms with E-state index in [0.29, 0.717) is 17.8 Å². The van der Waals surface area contributed by atoms with Crippen molar-refractivity contribution in [3.05, 3.63) is 63.9 Å². The minimum atomic E-state index is -0.199. The maximum atomic E-state index is 12.7. The van der Waals surface area contributed by atoms with Gasteiger partial charge in [-0.15, -0.1) is 0 Å². The van der Waals surface area contributed by atoms with Gasteiger partial charge in [-0.25, -0.2) is 9.50 Å². The molecule has 2 amide bonds. The van der Waals surface area contributed by atoms with E-state index < -0.39 is 0 Å². The van der Waals surface area contributed by atoms with Crippen LogP contribution in [0.5, 0.6) is 0 Å². The molecule has 0 bridgehead atoms. The first-order valence-electron chi connectivity index (χ1n) is 9.94. The number of hydrogen-bond acceptors (Lipinski definition) is 4. The smallest absolute Gasteiger partial charge is 0.224 e. The number of aryl methyl sites for hydroxylation is 2. The van der Waals surface area contributed by atoms with Gasteiger partial charge >= 0.3 is 0 Å². The number of nitrogens with one attached hydrogen (secondary N) is 2. The average molecular weight is 480 g/mol. The molecule has 0 atom stereocenters. The third kappa shape index (κ3) is 4.29. The van der Waals surface area contributed by atoms with E-state index in [1.165, 1.54) is 6.92 Å². The highest BCUT2D eigenvalue weighted by Crippen LogP contribution is 2.27. The van der Waals surface area contributed by atoms with Gasteiger partial charge in [0.15, 0.2) is 5.65 Å². The minimum absolute atomic E-state index is 0.144. The third-order valence-corrected chi connectivity index (χ3v) is 5.68. The standard InChI is InChI=1S/C23H22BrN5O2/c1-13-17(14(2)29-23(25-13)18-6-4-5-7-19(18)28-29)9-11-22(31)27-21-12-16(24)8-10-20(21)26-15(3)30/h4-8,10,12H,9,11H2,1-3H3,(H,26,30)(H,27,31). The number of halogens is 1. The Morgan fingerprint density at radius 1 is 1.06 bits per heavy atom. The van der Waals surface area contributed by atoms with Gasteiger partial charge in [0.25, 0.3) is 0 Å². The molecule has 8 heteroatoms. The molecule has 0 aliphatic heterocycles. The van der Waals surface area contributed by atoms with Crippen molar-refractivity contribution in [1.82, 2.24) is 14.6 Å².